The third-order valence-corrected chi connectivity index (χ3v) is 4.23. The average Bonchev–Trinajstić information content (AvgIpc) is 2.79. The van der Waals surface area contributed by atoms with Crippen LogP contribution in [-0.2, 0) is 11.3 Å². The van der Waals surface area contributed by atoms with Gasteiger partial charge in [-0.3, -0.25) is 9.69 Å². The third-order valence-electron chi connectivity index (χ3n) is 3.18. The lowest BCUT2D eigenvalue weighted by molar-refractivity contribution is -0.113. The van der Waals surface area contributed by atoms with Crippen LogP contribution >= 0.6 is 22.9 Å². The smallest absolute Gasteiger partial charge is 0.241 e. The number of nitrogens with one attached hydrogen (secondary N) is 1. The number of alkyl halides is 1. The number of carbonyl (C=O) groups excluding carboxylic acids is 1. The summed E-state index contributed by atoms with van der Waals surface area (Å²) in [5.41, 5.74) is 1.03. The van der Waals surface area contributed by atoms with Crippen molar-refractivity contribution in [2.24, 2.45) is 5.92 Å². The van der Waals surface area contributed by atoms with E-state index in [2.05, 4.69) is 22.1 Å². The van der Waals surface area contributed by atoms with Crippen LogP contribution in [0.5, 0.6) is 0 Å². The maximum absolute atomic E-state index is 11.1. The lowest BCUT2D eigenvalue weighted by Crippen LogP contribution is -2.32. The molecule has 0 spiro atoms. The van der Waals surface area contributed by atoms with Gasteiger partial charge in [0.05, 0.1) is 5.69 Å². The van der Waals surface area contributed by atoms with Crippen LogP contribution < -0.4 is 5.32 Å². The summed E-state index contributed by atoms with van der Waals surface area (Å²) >= 11 is 6.89. The molecule has 0 bridgehead atoms. The lowest BCUT2D eigenvalue weighted by atomic mass is 9.99. The van der Waals surface area contributed by atoms with Crippen molar-refractivity contribution in [1.82, 2.24) is 9.88 Å². The second-order valence-electron chi connectivity index (χ2n) is 4.78. The standard InChI is InChI=1S/C12H18ClN3OS/c1-9-2-4-16(5-3-9)7-10-8-18-12(14-10)15-11(17)6-13/h8-9H,2-7H2,1H3,(H,14,15,17). The largest absolute Gasteiger partial charge is 0.301 e. The minimum Gasteiger partial charge on any atom is -0.301 e. The molecule has 1 fully saturated rings. The first kappa shape index (κ1) is 13.8. The van der Waals surface area contributed by atoms with Gasteiger partial charge >= 0.3 is 0 Å². The molecule has 1 saturated heterocycles. The maximum atomic E-state index is 11.1. The predicted molar refractivity (Wildman–Crippen MR) is 75.1 cm³/mol. The highest BCUT2D eigenvalue weighted by Crippen LogP contribution is 2.20. The minimum atomic E-state index is -0.204. The van der Waals surface area contributed by atoms with Gasteiger partial charge in [0.25, 0.3) is 0 Å². The minimum absolute atomic E-state index is 0.0288. The zero-order chi connectivity index (χ0) is 13.0. The number of piperidine rings is 1. The molecule has 1 aromatic rings. The van der Waals surface area contributed by atoms with Crippen LogP contribution in [0.25, 0.3) is 0 Å². The average molecular weight is 288 g/mol. The molecule has 4 nitrogen and oxygen atoms in total. The van der Waals surface area contributed by atoms with Crippen LogP contribution in [0, 0.1) is 5.92 Å². The zero-order valence-electron chi connectivity index (χ0n) is 10.5. The third kappa shape index (κ3) is 3.93. The number of hydrogen-bond acceptors (Lipinski definition) is 4. The Kier molecular flexibility index (Phi) is 4.97. The number of anilines is 1. The Morgan fingerprint density at radius 1 is 1.61 bits per heavy atom. The van der Waals surface area contributed by atoms with Crippen LogP contribution in [0.2, 0.25) is 0 Å². The van der Waals surface area contributed by atoms with Crippen LogP contribution in [0.4, 0.5) is 5.13 Å². The Morgan fingerprint density at radius 3 is 3.00 bits per heavy atom. The van der Waals surface area contributed by atoms with Crippen molar-refractivity contribution in [2.75, 3.05) is 24.3 Å². The van der Waals surface area contributed by atoms with Gasteiger partial charge in [-0.1, -0.05) is 6.92 Å². The summed E-state index contributed by atoms with van der Waals surface area (Å²) in [7, 11) is 0. The topological polar surface area (TPSA) is 45.2 Å². The van der Waals surface area contributed by atoms with E-state index in [0.29, 0.717) is 5.13 Å². The summed E-state index contributed by atoms with van der Waals surface area (Å²) < 4.78 is 0. The van der Waals surface area contributed by atoms with E-state index in [1.165, 1.54) is 24.2 Å². The molecule has 0 aromatic carbocycles. The predicted octanol–water partition coefficient (Wildman–Crippen LogP) is 2.55. The first-order chi connectivity index (χ1) is 8.67. The molecule has 1 aliphatic rings. The fourth-order valence-electron chi connectivity index (χ4n) is 2.04. The highest BCUT2D eigenvalue weighted by Gasteiger charge is 2.16. The van der Waals surface area contributed by atoms with E-state index in [1.807, 2.05) is 5.38 Å². The first-order valence-electron chi connectivity index (χ1n) is 6.20. The van der Waals surface area contributed by atoms with Crippen molar-refractivity contribution in [3.63, 3.8) is 0 Å². The Balaban J connectivity index is 1.84. The number of nitrogens with zero attached hydrogens (tertiary/aromatic N) is 2. The van der Waals surface area contributed by atoms with Crippen molar-refractivity contribution >= 4 is 34.0 Å². The molecule has 2 rings (SSSR count). The van der Waals surface area contributed by atoms with Crippen LogP contribution in [0.1, 0.15) is 25.5 Å². The molecule has 2 heterocycles. The summed E-state index contributed by atoms with van der Waals surface area (Å²) in [6, 6.07) is 0. The molecule has 100 valence electrons. The number of halogens is 1. The van der Waals surface area contributed by atoms with Crippen molar-refractivity contribution in [2.45, 2.75) is 26.3 Å². The summed E-state index contributed by atoms with van der Waals surface area (Å²) in [6.07, 6.45) is 2.53. The highest BCUT2D eigenvalue weighted by atomic mass is 35.5. The van der Waals surface area contributed by atoms with Crippen LogP contribution in [0.3, 0.4) is 0 Å². The molecule has 1 N–H and O–H groups in total. The lowest BCUT2D eigenvalue weighted by Gasteiger charge is -2.29. The molecule has 6 heteroatoms. The van der Waals surface area contributed by atoms with E-state index < -0.39 is 0 Å². The Labute approximate surface area is 116 Å². The van der Waals surface area contributed by atoms with Gasteiger partial charge in [-0.2, -0.15) is 0 Å². The Morgan fingerprint density at radius 2 is 2.33 bits per heavy atom. The normalized spacial score (nSPS) is 17.9. The fraction of sp³-hybridized carbons (Fsp3) is 0.667. The fourth-order valence-corrected chi connectivity index (χ4v) is 2.82. The number of carbonyl (C=O) groups is 1. The van der Waals surface area contributed by atoms with Crippen molar-refractivity contribution in [1.29, 1.82) is 0 Å². The molecule has 1 aliphatic heterocycles. The second kappa shape index (κ2) is 6.50. The van der Waals surface area contributed by atoms with E-state index in [0.717, 1.165) is 31.2 Å². The number of rotatable bonds is 4. The van der Waals surface area contributed by atoms with Crippen LogP contribution in [0.15, 0.2) is 5.38 Å². The van der Waals surface area contributed by atoms with Gasteiger partial charge in [-0.25, -0.2) is 4.98 Å². The van der Waals surface area contributed by atoms with E-state index in [4.69, 9.17) is 11.6 Å². The van der Waals surface area contributed by atoms with Gasteiger partial charge in [-0.15, -0.1) is 22.9 Å². The molecule has 0 aliphatic carbocycles. The Hall–Kier alpha value is -0.650. The number of thiazole rings is 1. The van der Waals surface area contributed by atoms with E-state index in [-0.39, 0.29) is 11.8 Å². The Bertz CT molecular complexity index is 402. The molecular formula is C12H18ClN3OS. The quantitative estimate of drug-likeness (QED) is 0.866. The van der Waals surface area contributed by atoms with Crippen molar-refractivity contribution < 1.29 is 4.79 Å². The molecule has 0 saturated carbocycles. The van der Waals surface area contributed by atoms with E-state index in [1.54, 1.807) is 0 Å². The number of amides is 1. The molecule has 0 atom stereocenters. The van der Waals surface area contributed by atoms with Crippen molar-refractivity contribution in [3.8, 4) is 0 Å². The molecule has 0 unspecified atom stereocenters. The van der Waals surface area contributed by atoms with Gasteiger partial charge < -0.3 is 5.32 Å². The zero-order valence-corrected chi connectivity index (χ0v) is 12.1. The second-order valence-corrected chi connectivity index (χ2v) is 5.91. The molecule has 1 aromatic heterocycles. The maximum Gasteiger partial charge on any atom is 0.241 e. The monoisotopic (exact) mass is 287 g/mol. The molecule has 0 radical (unpaired) electrons. The van der Waals surface area contributed by atoms with Gasteiger partial charge in [0.1, 0.15) is 5.88 Å². The van der Waals surface area contributed by atoms with Crippen LogP contribution in [-0.4, -0.2) is 34.8 Å². The van der Waals surface area contributed by atoms with E-state index >= 15 is 0 Å². The molecular weight excluding hydrogens is 270 g/mol. The summed E-state index contributed by atoms with van der Waals surface area (Å²) in [5, 5.41) is 5.32. The summed E-state index contributed by atoms with van der Waals surface area (Å²) in [4.78, 5) is 17.9. The summed E-state index contributed by atoms with van der Waals surface area (Å²) in [5.74, 6) is 0.610. The molecule has 1 amide bonds. The summed E-state index contributed by atoms with van der Waals surface area (Å²) in [6.45, 7) is 5.46. The van der Waals surface area contributed by atoms with Gasteiger partial charge in [0.15, 0.2) is 5.13 Å². The first-order valence-corrected chi connectivity index (χ1v) is 7.61. The van der Waals surface area contributed by atoms with Gasteiger partial charge in [-0.05, 0) is 31.8 Å². The van der Waals surface area contributed by atoms with E-state index in [9.17, 15) is 4.79 Å². The molecule has 18 heavy (non-hydrogen) atoms. The van der Waals surface area contributed by atoms with Gasteiger partial charge in [0.2, 0.25) is 5.91 Å². The number of likely N-dealkylation sites (tertiary alicyclic amines) is 1. The highest BCUT2D eigenvalue weighted by molar-refractivity contribution is 7.13. The SMILES string of the molecule is CC1CCN(Cc2csc(NC(=O)CCl)n2)CC1. The number of hydrogen-bond donors (Lipinski definition) is 1. The van der Waals surface area contributed by atoms with Crippen molar-refractivity contribution in [3.05, 3.63) is 11.1 Å². The van der Waals surface area contributed by atoms with Gasteiger partial charge in [0, 0.05) is 11.9 Å². The number of aromatic nitrogens is 1.